The van der Waals surface area contributed by atoms with E-state index in [4.69, 9.17) is 9.47 Å². The molecule has 0 radical (unpaired) electrons. The molecular formula is C26H23N3O5. The van der Waals surface area contributed by atoms with Crippen LogP contribution in [-0.4, -0.2) is 29.2 Å². The van der Waals surface area contributed by atoms with Gasteiger partial charge in [0.25, 0.3) is 11.8 Å². The van der Waals surface area contributed by atoms with Gasteiger partial charge in [-0.2, -0.15) is 0 Å². The van der Waals surface area contributed by atoms with Crippen molar-refractivity contribution >= 4 is 29.6 Å². The number of aromatic nitrogens is 1. The van der Waals surface area contributed by atoms with Gasteiger partial charge in [-0.1, -0.05) is 25.1 Å². The first kappa shape index (κ1) is 21.5. The highest BCUT2D eigenvalue weighted by molar-refractivity contribution is 6.39. The lowest BCUT2D eigenvalue weighted by Crippen LogP contribution is -2.54. The number of urea groups is 1. The van der Waals surface area contributed by atoms with Gasteiger partial charge in [0.1, 0.15) is 5.57 Å². The van der Waals surface area contributed by atoms with E-state index >= 15 is 0 Å². The highest BCUT2D eigenvalue weighted by atomic mass is 16.7. The van der Waals surface area contributed by atoms with Crippen molar-refractivity contribution in [3.05, 3.63) is 76.6 Å². The number of carbonyl (C=O) groups excluding carboxylic acids is 3. The van der Waals surface area contributed by atoms with E-state index in [0.29, 0.717) is 11.5 Å². The van der Waals surface area contributed by atoms with Crippen molar-refractivity contribution in [1.29, 1.82) is 0 Å². The molecule has 4 amide bonds. The summed E-state index contributed by atoms with van der Waals surface area (Å²) in [7, 11) is 0. The maximum Gasteiger partial charge on any atom is 0.335 e. The highest BCUT2D eigenvalue weighted by Crippen LogP contribution is 2.36. The summed E-state index contributed by atoms with van der Waals surface area (Å²) < 4.78 is 12.8. The number of carbonyl (C=O) groups is 3. The lowest BCUT2D eigenvalue weighted by Gasteiger charge is -2.26. The van der Waals surface area contributed by atoms with E-state index in [2.05, 4.69) is 22.9 Å². The molecule has 2 aliphatic heterocycles. The van der Waals surface area contributed by atoms with E-state index in [1.54, 1.807) is 18.2 Å². The number of aryl methyl sites for hydroxylation is 2. The van der Waals surface area contributed by atoms with Gasteiger partial charge in [0.05, 0.1) is 5.69 Å². The molecule has 5 rings (SSSR count). The number of imide groups is 2. The molecule has 1 fully saturated rings. The fourth-order valence-electron chi connectivity index (χ4n) is 4.40. The molecule has 0 spiro atoms. The number of barbiturate groups is 1. The van der Waals surface area contributed by atoms with Crippen LogP contribution in [0.1, 0.15) is 29.4 Å². The van der Waals surface area contributed by atoms with Gasteiger partial charge in [-0.3, -0.25) is 14.9 Å². The molecule has 0 bridgehead atoms. The van der Waals surface area contributed by atoms with Crippen LogP contribution in [0.5, 0.6) is 11.5 Å². The molecule has 2 aromatic carbocycles. The normalized spacial score (nSPS) is 16.4. The number of hydrogen-bond acceptors (Lipinski definition) is 5. The van der Waals surface area contributed by atoms with Crippen molar-refractivity contribution in [1.82, 2.24) is 9.88 Å². The van der Waals surface area contributed by atoms with Crippen LogP contribution < -0.4 is 19.7 Å². The number of rotatable bonds is 4. The molecule has 2 aliphatic rings. The zero-order chi connectivity index (χ0) is 24.0. The first-order valence-corrected chi connectivity index (χ1v) is 11.0. The third kappa shape index (κ3) is 3.44. The summed E-state index contributed by atoms with van der Waals surface area (Å²) in [5.74, 6) is -0.476. The largest absolute Gasteiger partial charge is 0.454 e. The van der Waals surface area contributed by atoms with Crippen LogP contribution in [0, 0.1) is 13.8 Å². The van der Waals surface area contributed by atoms with Gasteiger partial charge in [-0.25, -0.2) is 9.69 Å². The van der Waals surface area contributed by atoms with E-state index < -0.39 is 17.8 Å². The van der Waals surface area contributed by atoms with E-state index in [0.717, 1.165) is 34.0 Å². The molecule has 0 saturated carbocycles. The van der Waals surface area contributed by atoms with Gasteiger partial charge in [0, 0.05) is 23.1 Å². The van der Waals surface area contributed by atoms with Gasteiger partial charge in [-0.15, -0.1) is 0 Å². The van der Waals surface area contributed by atoms with Crippen molar-refractivity contribution in [3.63, 3.8) is 0 Å². The number of benzene rings is 2. The smallest absolute Gasteiger partial charge is 0.335 e. The van der Waals surface area contributed by atoms with E-state index in [9.17, 15) is 14.4 Å². The molecule has 0 aliphatic carbocycles. The first-order chi connectivity index (χ1) is 16.4. The van der Waals surface area contributed by atoms with Crippen LogP contribution in [-0.2, 0) is 16.0 Å². The van der Waals surface area contributed by atoms with Gasteiger partial charge in [-0.05, 0) is 61.7 Å². The van der Waals surface area contributed by atoms with Crippen LogP contribution in [0.2, 0.25) is 0 Å². The topological polar surface area (TPSA) is 89.9 Å². The van der Waals surface area contributed by atoms with Crippen LogP contribution in [0.15, 0.2) is 54.1 Å². The third-order valence-electron chi connectivity index (χ3n) is 6.10. The summed E-state index contributed by atoms with van der Waals surface area (Å²) in [5, 5.41) is 2.27. The molecule has 8 heteroatoms. The molecule has 34 heavy (non-hydrogen) atoms. The lowest BCUT2D eigenvalue weighted by atomic mass is 10.1. The first-order valence-electron chi connectivity index (χ1n) is 11.0. The summed E-state index contributed by atoms with van der Waals surface area (Å²) in [4.78, 5) is 39.5. The van der Waals surface area contributed by atoms with Crippen LogP contribution in [0.3, 0.4) is 0 Å². The number of amides is 4. The Morgan fingerprint density at radius 2 is 1.76 bits per heavy atom. The second kappa shape index (κ2) is 8.22. The van der Waals surface area contributed by atoms with Gasteiger partial charge >= 0.3 is 6.03 Å². The molecule has 0 atom stereocenters. The zero-order valence-corrected chi connectivity index (χ0v) is 19.0. The minimum atomic E-state index is -0.812. The molecule has 1 N–H and O–H groups in total. The Labute approximate surface area is 196 Å². The van der Waals surface area contributed by atoms with Crippen molar-refractivity contribution in [2.24, 2.45) is 0 Å². The second-order valence-corrected chi connectivity index (χ2v) is 8.14. The quantitative estimate of drug-likeness (QED) is 0.472. The predicted octanol–water partition coefficient (Wildman–Crippen LogP) is 4.05. The third-order valence-corrected chi connectivity index (χ3v) is 6.10. The van der Waals surface area contributed by atoms with Gasteiger partial charge < -0.3 is 14.0 Å². The predicted molar refractivity (Wildman–Crippen MR) is 126 cm³/mol. The summed E-state index contributed by atoms with van der Waals surface area (Å²) in [6, 6.07) is 14.0. The fraction of sp³-hybridized carbons (Fsp3) is 0.192. The minimum absolute atomic E-state index is 0.0688. The number of para-hydroxylation sites is 1. The standard InChI is InChI=1S/C26H23N3O5/c1-4-17-7-5-6-8-21(17)28-15(2)11-18(16(28)3)12-20-24(30)27-26(32)29(25(20)31)19-9-10-22-23(13-19)34-14-33-22/h5-13H,4,14H2,1-3H3,(H,27,30,32). The number of ether oxygens (including phenoxy) is 2. The number of nitrogens with one attached hydrogen (secondary N) is 1. The highest BCUT2D eigenvalue weighted by Gasteiger charge is 2.37. The Bertz CT molecular complexity index is 1390. The Morgan fingerprint density at radius 1 is 1.00 bits per heavy atom. The maximum atomic E-state index is 13.3. The van der Waals surface area contributed by atoms with Crippen molar-refractivity contribution in [3.8, 4) is 17.2 Å². The van der Waals surface area contributed by atoms with Crippen LogP contribution in [0.25, 0.3) is 11.8 Å². The van der Waals surface area contributed by atoms with Crippen LogP contribution in [0.4, 0.5) is 10.5 Å². The molecule has 1 saturated heterocycles. The Morgan fingerprint density at radius 3 is 2.56 bits per heavy atom. The fourth-order valence-corrected chi connectivity index (χ4v) is 4.40. The summed E-state index contributed by atoms with van der Waals surface area (Å²) >= 11 is 0. The van der Waals surface area contributed by atoms with E-state index in [-0.39, 0.29) is 18.1 Å². The monoisotopic (exact) mass is 457 g/mol. The Hall–Kier alpha value is -4.33. The summed E-state index contributed by atoms with van der Waals surface area (Å²) in [6.07, 6.45) is 2.41. The van der Waals surface area contributed by atoms with Crippen LogP contribution >= 0.6 is 0 Å². The Balaban J connectivity index is 1.55. The average molecular weight is 457 g/mol. The molecule has 172 valence electrons. The van der Waals surface area contributed by atoms with Crippen molar-refractivity contribution < 1.29 is 23.9 Å². The van der Waals surface area contributed by atoms with E-state index in [1.807, 2.05) is 38.1 Å². The van der Waals surface area contributed by atoms with Gasteiger partial charge in [0.2, 0.25) is 6.79 Å². The molecule has 8 nitrogen and oxygen atoms in total. The van der Waals surface area contributed by atoms with Gasteiger partial charge in [0.15, 0.2) is 11.5 Å². The average Bonchev–Trinajstić information content (AvgIpc) is 3.39. The number of anilines is 1. The molecule has 3 heterocycles. The number of hydrogen-bond donors (Lipinski definition) is 1. The Kier molecular flexibility index (Phi) is 5.20. The van der Waals surface area contributed by atoms with Crippen molar-refractivity contribution in [2.45, 2.75) is 27.2 Å². The lowest BCUT2D eigenvalue weighted by molar-refractivity contribution is -0.122. The maximum absolute atomic E-state index is 13.3. The molecular weight excluding hydrogens is 434 g/mol. The molecule has 1 aromatic heterocycles. The summed E-state index contributed by atoms with van der Waals surface area (Å²) in [6.45, 7) is 6.09. The number of nitrogens with zero attached hydrogens (tertiary/aromatic N) is 2. The molecule has 0 unspecified atom stereocenters. The molecule has 3 aromatic rings. The zero-order valence-electron chi connectivity index (χ0n) is 19.0. The summed E-state index contributed by atoms with van der Waals surface area (Å²) in [5.41, 5.74) is 4.99. The SMILES string of the molecule is CCc1ccccc1-n1c(C)cc(C=C2C(=O)NC(=O)N(c3ccc4c(c3)OCO4)C2=O)c1C. The minimum Gasteiger partial charge on any atom is -0.454 e. The van der Waals surface area contributed by atoms with Crippen molar-refractivity contribution in [2.75, 3.05) is 11.7 Å². The number of fused-ring (bicyclic) bond motifs is 1. The van der Waals surface area contributed by atoms with E-state index in [1.165, 1.54) is 11.6 Å². The second-order valence-electron chi connectivity index (χ2n) is 8.14.